The molecule has 0 aromatic carbocycles. The summed E-state index contributed by atoms with van der Waals surface area (Å²) in [6.07, 6.45) is 51.4. The van der Waals surface area contributed by atoms with E-state index in [9.17, 15) is 23.8 Å². The largest absolute Gasteiger partial charge is 0.480 e. The number of nitrogens with two attached hydrogens (primary N) is 1. The fourth-order valence-corrected chi connectivity index (χ4v) is 6.65. The lowest BCUT2D eigenvalue weighted by molar-refractivity contribution is -0.161. The average Bonchev–Trinajstić information content (AvgIpc) is 3.22. The third-order valence-corrected chi connectivity index (χ3v) is 10.4. The number of hydrogen-bond donors (Lipinski definition) is 3. The van der Waals surface area contributed by atoms with Crippen LogP contribution in [-0.2, 0) is 37.5 Å². The molecule has 0 aromatic rings. The van der Waals surface area contributed by atoms with E-state index >= 15 is 0 Å². The minimum absolute atomic E-state index is 0.0368. The topological polar surface area (TPSA) is 172 Å². The van der Waals surface area contributed by atoms with E-state index in [1.807, 2.05) is 18.2 Å². The van der Waals surface area contributed by atoms with Gasteiger partial charge in [0.1, 0.15) is 12.6 Å². The molecule has 0 spiro atoms. The monoisotopic (exact) mass is 864 g/mol. The fourth-order valence-electron chi connectivity index (χ4n) is 5.87. The SMILES string of the molecule is CC/C=C\C/C=C\C/C=C\C/C=C\CCC(=O)OC(COC(=O)CCCCCCCCCCCCC/C=C\C/C=C\CCCCCCC)COP(=O)(O)OCC(N)C(=O)O. The maximum atomic E-state index is 12.6. The van der Waals surface area contributed by atoms with Crippen molar-refractivity contribution in [2.75, 3.05) is 19.8 Å². The first kappa shape index (κ1) is 56.9. The van der Waals surface area contributed by atoms with Crippen LogP contribution in [-0.4, -0.2) is 59.9 Å². The summed E-state index contributed by atoms with van der Waals surface area (Å²) in [5.74, 6) is -2.49. The van der Waals surface area contributed by atoms with E-state index in [1.165, 1.54) is 89.9 Å². The van der Waals surface area contributed by atoms with Gasteiger partial charge < -0.3 is 25.2 Å². The first-order chi connectivity index (χ1) is 29.1. The Labute approximate surface area is 363 Å². The van der Waals surface area contributed by atoms with Crippen LogP contribution in [0.1, 0.15) is 181 Å². The normalized spacial score (nSPS) is 14.3. The van der Waals surface area contributed by atoms with Crippen LogP contribution < -0.4 is 5.73 Å². The molecule has 0 saturated carbocycles. The lowest BCUT2D eigenvalue weighted by Crippen LogP contribution is -2.34. The van der Waals surface area contributed by atoms with E-state index in [4.69, 9.17) is 24.8 Å². The number of esters is 2. The first-order valence-electron chi connectivity index (χ1n) is 23.0. The van der Waals surface area contributed by atoms with Gasteiger partial charge in [-0.2, -0.15) is 0 Å². The number of carbonyl (C=O) groups excluding carboxylic acids is 2. The lowest BCUT2D eigenvalue weighted by atomic mass is 10.0. The van der Waals surface area contributed by atoms with Crippen molar-refractivity contribution in [2.45, 2.75) is 193 Å². The number of phosphoric acid groups is 1. The molecule has 12 heteroatoms. The Hall–Kier alpha value is -3.08. The minimum atomic E-state index is -4.74. The van der Waals surface area contributed by atoms with Crippen molar-refractivity contribution in [1.82, 2.24) is 0 Å². The van der Waals surface area contributed by atoms with Gasteiger partial charge in [0.25, 0.3) is 0 Å². The second-order valence-corrected chi connectivity index (χ2v) is 16.6. The van der Waals surface area contributed by atoms with Crippen LogP contribution in [0.2, 0.25) is 0 Å². The molecule has 0 aliphatic rings. The van der Waals surface area contributed by atoms with Gasteiger partial charge in [0, 0.05) is 12.8 Å². The van der Waals surface area contributed by atoms with Gasteiger partial charge in [0.05, 0.1) is 13.2 Å². The van der Waals surface area contributed by atoms with Gasteiger partial charge in [0.2, 0.25) is 0 Å². The maximum absolute atomic E-state index is 12.6. The molecule has 344 valence electrons. The van der Waals surface area contributed by atoms with Gasteiger partial charge in [-0.25, -0.2) is 4.57 Å². The summed E-state index contributed by atoms with van der Waals surface area (Å²) in [7, 11) is -4.74. The van der Waals surface area contributed by atoms with Crippen molar-refractivity contribution in [3.63, 3.8) is 0 Å². The van der Waals surface area contributed by atoms with E-state index in [0.717, 1.165) is 51.4 Å². The Morgan fingerprint density at radius 2 is 0.967 bits per heavy atom. The zero-order valence-corrected chi connectivity index (χ0v) is 38.2. The number of ether oxygens (including phenoxy) is 2. The molecule has 0 fully saturated rings. The molecular formula is C48H82NO10P. The van der Waals surface area contributed by atoms with Crippen LogP contribution >= 0.6 is 7.82 Å². The molecule has 0 bridgehead atoms. The molecule has 0 aliphatic carbocycles. The standard InChI is InChI=1S/C48H82NO10P/c1-3-5-7-9-11-13-15-17-18-19-20-21-22-23-24-25-26-28-29-31-33-35-37-39-46(50)56-41-44(42-57-60(54,55)58-43-45(49)48(52)53)59-47(51)40-38-36-34-32-30-27-16-14-12-10-8-6-4-2/h6,8,12,14-15,17,19-20,27,30,34,36,44-45H,3-5,7,9-11,13,16,18,21-26,28-29,31-33,35,37-43,49H2,1-2H3,(H,52,53)(H,54,55)/b8-6-,14-12-,17-15-,20-19-,30-27-,36-34-. The molecule has 4 N–H and O–H groups in total. The van der Waals surface area contributed by atoms with Crippen molar-refractivity contribution in [1.29, 1.82) is 0 Å². The smallest absolute Gasteiger partial charge is 0.472 e. The number of phosphoric ester groups is 1. The molecule has 0 heterocycles. The first-order valence-corrected chi connectivity index (χ1v) is 24.5. The van der Waals surface area contributed by atoms with E-state index in [0.29, 0.717) is 12.8 Å². The van der Waals surface area contributed by atoms with Crippen LogP contribution in [0.3, 0.4) is 0 Å². The number of carboxylic acid groups (broad SMARTS) is 1. The highest BCUT2D eigenvalue weighted by molar-refractivity contribution is 7.47. The lowest BCUT2D eigenvalue weighted by Gasteiger charge is -2.20. The summed E-state index contributed by atoms with van der Waals surface area (Å²) in [6.45, 7) is 2.59. The van der Waals surface area contributed by atoms with Crippen molar-refractivity contribution >= 4 is 25.7 Å². The second kappa shape index (κ2) is 42.6. The van der Waals surface area contributed by atoms with Crippen molar-refractivity contribution in [3.8, 4) is 0 Å². The van der Waals surface area contributed by atoms with Gasteiger partial charge in [0.15, 0.2) is 6.10 Å². The summed E-state index contributed by atoms with van der Waals surface area (Å²) in [5.41, 5.74) is 5.33. The van der Waals surface area contributed by atoms with Gasteiger partial charge in [-0.15, -0.1) is 0 Å². The summed E-state index contributed by atoms with van der Waals surface area (Å²) >= 11 is 0. The number of rotatable bonds is 42. The third kappa shape index (κ3) is 41.6. The van der Waals surface area contributed by atoms with Crippen molar-refractivity contribution < 1.29 is 47.5 Å². The van der Waals surface area contributed by atoms with Crippen molar-refractivity contribution in [2.24, 2.45) is 5.73 Å². The van der Waals surface area contributed by atoms with E-state index < -0.39 is 51.1 Å². The Morgan fingerprint density at radius 3 is 1.47 bits per heavy atom. The Kier molecular flexibility index (Phi) is 40.4. The molecule has 0 aromatic heterocycles. The Morgan fingerprint density at radius 1 is 0.533 bits per heavy atom. The van der Waals surface area contributed by atoms with Gasteiger partial charge in [-0.05, 0) is 70.6 Å². The predicted octanol–water partition coefficient (Wildman–Crippen LogP) is 12.5. The summed E-state index contributed by atoms with van der Waals surface area (Å²) in [4.78, 5) is 45.9. The number of carboxylic acids is 1. The molecule has 11 nitrogen and oxygen atoms in total. The maximum Gasteiger partial charge on any atom is 0.472 e. The van der Waals surface area contributed by atoms with Crippen LogP contribution in [0.4, 0.5) is 0 Å². The zero-order chi connectivity index (χ0) is 44.2. The molecular weight excluding hydrogens is 781 g/mol. The highest BCUT2D eigenvalue weighted by atomic mass is 31.2. The van der Waals surface area contributed by atoms with Crippen LogP contribution in [0.5, 0.6) is 0 Å². The Bertz CT molecular complexity index is 1290. The summed E-state index contributed by atoms with van der Waals surface area (Å²) in [5, 5.41) is 8.89. The van der Waals surface area contributed by atoms with Crippen molar-refractivity contribution in [3.05, 3.63) is 72.9 Å². The van der Waals surface area contributed by atoms with Crippen LogP contribution in [0.25, 0.3) is 0 Å². The van der Waals surface area contributed by atoms with E-state index in [1.54, 1.807) is 0 Å². The number of carbonyl (C=O) groups is 3. The van der Waals surface area contributed by atoms with Crippen LogP contribution in [0.15, 0.2) is 72.9 Å². The molecule has 0 amide bonds. The fraction of sp³-hybridized carbons (Fsp3) is 0.688. The van der Waals surface area contributed by atoms with Gasteiger partial charge >= 0.3 is 25.7 Å². The Balaban J connectivity index is 4.31. The molecule has 0 radical (unpaired) electrons. The third-order valence-electron chi connectivity index (χ3n) is 9.45. The minimum Gasteiger partial charge on any atom is -0.480 e. The molecule has 0 saturated heterocycles. The molecule has 0 rings (SSSR count). The average molecular weight is 864 g/mol. The highest BCUT2D eigenvalue weighted by Gasteiger charge is 2.28. The van der Waals surface area contributed by atoms with E-state index in [-0.39, 0.29) is 19.4 Å². The van der Waals surface area contributed by atoms with E-state index in [2.05, 4.69) is 73.1 Å². The molecule has 0 aliphatic heterocycles. The molecule has 3 unspecified atom stereocenters. The number of hydrogen-bond acceptors (Lipinski definition) is 9. The molecule has 3 atom stereocenters. The zero-order valence-electron chi connectivity index (χ0n) is 37.3. The van der Waals surface area contributed by atoms with Crippen LogP contribution in [0, 0.1) is 0 Å². The highest BCUT2D eigenvalue weighted by Crippen LogP contribution is 2.43. The summed E-state index contributed by atoms with van der Waals surface area (Å²) in [6, 6.07) is -1.53. The number of aliphatic carboxylic acids is 1. The summed E-state index contributed by atoms with van der Waals surface area (Å²) < 4.78 is 32.6. The van der Waals surface area contributed by atoms with Gasteiger partial charge in [-0.3, -0.25) is 23.4 Å². The number of unbranched alkanes of at least 4 members (excludes halogenated alkanes) is 16. The molecule has 60 heavy (non-hydrogen) atoms. The quantitative estimate of drug-likeness (QED) is 0.0231. The second-order valence-electron chi connectivity index (χ2n) is 15.1. The predicted molar refractivity (Wildman–Crippen MR) is 244 cm³/mol. The van der Waals surface area contributed by atoms with Gasteiger partial charge in [-0.1, -0.05) is 170 Å². The number of allylic oxidation sites excluding steroid dienone is 12.